The Bertz CT molecular complexity index is 191. The van der Waals surface area contributed by atoms with Crippen LogP contribution < -0.4 is 5.32 Å². The number of hydrogen-bond donors (Lipinski definition) is 1. The second kappa shape index (κ2) is 4.09. The lowest BCUT2D eigenvalue weighted by atomic mass is 9.98. The van der Waals surface area contributed by atoms with E-state index in [2.05, 4.69) is 5.32 Å². The Morgan fingerprint density at radius 2 is 2.50 bits per heavy atom. The molecule has 0 aromatic carbocycles. The standard InChI is InChI=1S/C8H13NO3/c1-2-12-8(11)6-3-4-9-7(10)5-6/h6H,2-5H2,1H3,(H,9,10). The second-order valence-corrected chi connectivity index (χ2v) is 2.79. The minimum Gasteiger partial charge on any atom is -0.466 e. The number of amides is 1. The maximum Gasteiger partial charge on any atom is 0.309 e. The van der Waals surface area contributed by atoms with Crippen molar-refractivity contribution < 1.29 is 14.3 Å². The fourth-order valence-corrected chi connectivity index (χ4v) is 1.25. The average Bonchev–Trinajstić information content (AvgIpc) is 2.05. The molecule has 0 spiro atoms. The molecule has 1 fully saturated rings. The van der Waals surface area contributed by atoms with Crippen molar-refractivity contribution in [3.05, 3.63) is 0 Å². The summed E-state index contributed by atoms with van der Waals surface area (Å²) in [5, 5.41) is 2.66. The highest BCUT2D eigenvalue weighted by Crippen LogP contribution is 2.13. The predicted octanol–water partition coefficient (Wildman–Crippen LogP) is 0.0757. The number of hydrogen-bond acceptors (Lipinski definition) is 3. The summed E-state index contributed by atoms with van der Waals surface area (Å²) in [6.07, 6.45) is 0.976. The molecule has 1 aliphatic rings. The number of carbonyl (C=O) groups excluding carboxylic acids is 2. The molecule has 68 valence electrons. The minimum absolute atomic E-state index is 0.0562. The summed E-state index contributed by atoms with van der Waals surface area (Å²) >= 11 is 0. The van der Waals surface area contributed by atoms with Crippen molar-refractivity contribution in [2.45, 2.75) is 19.8 Å². The van der Waals surface area contributed by atoms with Crippen LogP contribution in [-0.2, 0) is 14.3 Å². The lowest BCUT2D eigenvalue weighted by Gasteiger charge is -2.19. The molecular formula is C8H13NO3. The van der Waals surface area contributed by atoms with Gasteiger partial charge in [0.2, 0.25) is 5.91 Å². The van der Waals surface area contributed by atoms with Crippen LogP contribution in [0.25, 0.3) is 0 Å². The zero-order chi connectivity index (χ0) is 8.97. The molecule has 0 saturated carbocycles. The summed E-state index contributed by atoms with van der Waals surface area (Å²) < 4.78 is 4.81. The first kappa shape index (κ1) is 9.03. The first-order valence-electron chi connectivity index (χ1n) is 4.17. The Morgan fingerprint density at radius 3 is 3.08 bits per heavy atom. The Labute approximate surface area is 71.3 Å². The fourth-order valence-electron chi connectivity index (χ4n) is 1.25. The molecule has 1 N–H and O–H groups in total. The van der Waals surface area contributed by atoms with Crippen LogP contribution in [-0.4, -0.2) is 25.0 Å². The highest BCUT2D eigenvalue weighted by Gasteiger charge is 2.26. The van der Waals surface area contributed by atoms with E-state index in [1.807, 2.05) is 0 Å². The maximum absolute atomic E-state index is 11.1. The number of piperidine rings is 1. The van der Waals surface area contributed by atoms with Crippen molar-refractivity contribution in [3.63, 3.8) is 0 Å². The van der Waals surface area contributed by atoms with Gasteiger partial charge in [0.1, 0.15) is 0 Å². The van der Waals surface area contributed by atoms with Gasteiger partial charge in [0.05, 0.1) is 12.5 Å². The molecule has 1 rings (SSSR count). The van der Waals surface area contributed by atoms with Gasteiger partial charge in [-0.05, 0) is 13.3 Å². The van der Waals surface area contributed by atoms with E-state index in [0.717, 1.165) is 0 Å². The smallest absolute Gasteiger partial charge is 0.309 e. The summed E-state index contributed by atoms with van der Waals surface area (Å²) in [6.45, 7) is 2.74. The number of esters is 1. The van der Waals surface area contributed by atoms with Crippen molar-refractivity contribution in [2.24, 2.45) is 5.92 Å². The predicted molar refractivity (Wildman–Crippen MR) is 42.4 cm³/mol. The summed E-state index contributed by atoms with van der Waals surface area (Å²) in [6, 6.07) is 0. The first-order valence-corrected chi connectivity index (χ1v) is 4.17. The Balaban J connectivity index is 2.40. The first-order chi connectivity index (χ1) is 5.74. The molecule has 1 amide bonds. The van der Waals surface area contributed by atoms with E-state index < -0.39 is 0 Å². The molecule has 4 nitrogen and oxygen atoms in total. The van der Waals surface area contributed by atoms with Crippen LogP contribution in [0.15, 0.2) is 0 Å². The van der Waals surface area contributed by atoms with Gasteiger partial charge in [0.15, 0.2) is 0 Å². The summed E-state index contributed by atoms with van der Waals surface area (Å²) in [5.74, 6) is -0.523. The zero-order valence-corrected chi connectivity index (χ0v) is 7.13. The van der Waals surface area contributed by atoms with E-state index in [1.54, 1.807) is 6.92 Å². The molecule has 1 saturated heterocycles. The van der Waals surface area contributed by atoms with Crippen LogP contribution >= 0.6 is 0 Å². The van der Waals surface area contributed by atoms with Crippen molar-refractivity contribution >= 4 is 11.9 Å². The summed E-state index contributed by atoms with van der Waals surface area (Å²) in [7, 11) is 0. The Hall–Kier alpha value is -1.06. The van der Waals surface area contributed by atoms with Gasteiger partial charge in [-0.1, -0.05) is 0 Å². The molecule has 1 aliphatic heterocycles. The van der Waals surface area contributed by atoms with Gasteiger partial charge in [-0.25, -0.2) is 0 Å². The summed E-state index contributed by atoms with van der Waals surface area (Å²) in [5.41, 5.74) is 0. The van der Waals surface area contributed by atoms with Crippen molar-refractivity contribution in [2.75, 3.05) is 13.2 Å². The van der Waals surface area contributed by atoms with Gasteiger partial charge in [0.25, 0.3) is 0 Å². The van der Waals surface area contributed by atoms with E-state index in [0.29, 0.717) is 19.6 Å². The van der Waals surface area contributed by atoms with Crippen LogP contribution in [0.5, 0.6) is 0 Å². The molecule has 0 bridgehead atoms. The molecule has 0 aromatic heterocycles. The highest BCUT2D eigenvalue weighted by atomic mass is 16.5. The fraction of sp³-hybridized carbons (Fsp3) is 0.750. The Kier molecular flexibility index (Phi) is 3.08. The quantitative estimate of drug-likeness (QED) is 0.598. The van der Waals surface area contributed by atoms with Crippen molar-refractivity contribution in [1.82, 2.24) is 5.32 Å². The van der Waals surface area contributed by atoms with Gasteiger partial charge < -0.3 is 10.1 Å². The molecule has 4 heteroatoms. The van der Waals surface area contributed by atoms with E-state index in [4.69, 9.17) is 4.74 Å². The molecule has 0 aliphatic carbocycles. The molecule has 12 heavy (non-hydrogen) atoms. The SMILES string of the molecule is CCOC(=O)C1CCNC(=O)C1. The number of nitrogens with one attached hydrogen (secondary N) is 1. The molecule has 0 radical (unpaired) electrons. The van der Waals surface area contributed by atoms with Gasteiger partial charge in [-0.15, -0.1) is 0 Å². The van der Waals surface area contributed by atoms with Crippen LogP contribution in [0, 0.1) is 5.92 Å². The maximum atomic E-state index is 11.1. The van der Waals surface area contributed by atoms with Crippen LogP contribution in [0.1, 0.15) is 19.8 Å². The molecule has 1 heterocycles. The van der Waals surface area contributed by atoms with E-state index in [9.17, 15) is 9.59 Å². The van der Waals surface area contributed by atoms with Gasteiger partial charge in [0, 0.05) is 13.0 Å². The summed E-state index contributed by atoms with van der Waals surface area (Å²) in [4.78, 5) is 22.0. The van der Waals surface area contributed by atoms with Gasteiger partial charge >= 0.3 is 5.97 Å². The van der Waals surface area contributed by atoms with Crippen LogP contribution in [0.4, 0.5) is 0 Å². The lowest BCUT2D eigenvalue weighted by Crippen LogP contribution is -2.37. The number of carbonyl (C=O) groups is 2. The second-order valence-electron chi connectivity index (χ2n) is 2.79. The largest absolute Gasteiger partial charge is 0.466 e. The molecule has 1 atom stereocenters. The van der Waals surface area contributed by atoms with Gasteiger partial charge in [-0.2, -0.15) is 0 Å². The van der Waals surface area contributed by atoms with Crippen LogP contribution in [0.2, 0.25) is 0 Å². The lowest BCUT2D eigenvalue weighted by molar-refractivity contribution is -0.151. The normalized spacial score (nSPS) is 23.1. The number of ether oxygens (including phenoxy) is 1. The third-order valence-corrected chi connectivity index (χ3v) is 1.87. The zero-order valence-electron chi connectivity index (χ0n) is 7.13. The third-order valence-electron chi connectivity index (χ3n) is 1.87. The van der Waals surface area contributed by atoms with Crippen molar-refractivity contribution in [1.29, 1.82) is 0 Å². The third kappa shape index (κ3) is 2.22. The Morgan fingerprint density at radius 1 is 1.75 bits per heavy atom. The minimum atomic E-state index is -0.243. The van der Waals surface area contributed by atoms with E-state index in [1.165, 1.54) is 0 Å². The van der Waals surface area contributed by atoms with Gasteiger partial charge in [-0.3, -0.25) is 9.59 Å². The number of rotatable bonds is 2. The molecular weight excluding hydrogens is 158 g/mol. The topological polar surface area (TPSA) is 55.4 Å². The monoisotopic (exact) mass is 171 g/mol. The van der Waals surface area contributed by atoms with Crippen LogP contribution in [0.3, 0.4) is 0 Å². The van der Waals surface area contributed by atoms with Crippen molar-refractivity contribution in [3.8, 4) is 0 Å². The van der Waals surface area contributed by atoms with E-state index in [-0.39, 0.29) is 24.2 Å². The molecule has 0 aromatic rings. The van der Waals surface area contributed by atoms with E-state index >= 15 is 0 Å². The molecule has 1 unspecified atom stereocenters. The highest BCUT2D eigenvalue weighted by molar-refractivity contribution is 5.84. The average molecular weight is 171 g/mol.